The maximum absolute atomic E-state index is 11.7. The summed E-state index contributed by atoms with van der Waals surface area (Å²) in [7, 11) is 1.89. The molecule has 1 atom stereocenters. The van der Waals surface area contributed by atoms with Crippen LogP contribution in [0.1, 0.15) is 38.4 Å². The maximum Gasteiger partial charge on any atom is 0.220 e. The Bertz CT molecular complexity index is 432. The summed E-state index contributed by atoms with van der Waals surface area (Å²) in [4.78, 5) is 11.7. The summed E-state index contributed by atoms with van der Waals surface area (Å²) in [5, 5.41) is 16.8. The van der Waals surface area contributed by atoms with Crippen molar-refractivity contribution in [2.45, 2.75) is 46.6 Å². The van der Waals surface area contributed by atoms with Crippen molar-refractivity contribution in [3.05, 3.63) is 17.5 Å². The molecule has 0 radical (unpaired) electrons. The fourth-order valence-corrected chi connectivity index (χ4v) is 1.64. The molecule has 19 heavy (non-hydrogen) atoms. The van der Waals surface area contributed by atoms with Gasteiger partial charge in [0.05, 0.1) is 12.3 Å². The lowest BCUT2D eigenvalue weighted by atomic mass is 9.89. The van der Waals surface area contributed by atoms with E-state index >= 15 is 0 Å². The maximum atomic E-state index is 11.7. The van der Waals surface area contributed by atoms with Gasteiger partial charge in [-0.1, -0.05) is 20.8 Å². The molecule has 0 aliphatic carbocycles. The Balaban J connectivity index is 2.35. The quantitative estimate of drug-likeness (QED) is 0.842. The van der Waals surface area contributed by atoms with Gasteiger partial charge in [-0.15, -0.1) is 0 Å². The molecule has 0 saturated carbocycles. The first-order valence-corrected chi connectivity index (χ1v) is 6.64. The number of aryl methyl sites for hydroxylation is 2. The molecule has 108 valence electrons. The van der Waals surface area contributed by atoms with E-state index in [1.54, 1.807) is 10.9 Å². The van der Waals surface area contributed by atoms with Crippen LogP contribution in [0, 0.1) is 12.3 Å². The second kappa shape index (κ2) is 6.19. The number of nitrogens with one attached hydrogen (secondary N) is 1. The zero-order valence-electron chi connectivity index (χ0n) is 12.5. The first-order valence-electron chi connectivity index (χ1n) is 6.64. The number of carbonyl (C=O) groups is 1. The predicted molar refractivity (Wildman–Crippen MR) is 74.7 cm³/mol. The van der Waals surface area contributed by atoms with Gasteiger partial charge in [-0.3, -0.25) is 9.48 Å². The third kappa shape index (κ3) is 4.67. The molecule has 5 heteroatoms. The standard InChI is InChI=1S/C14H25N3O2/c1-10-11(8-16-17(10)5)6-7-13(19)15-9-12(18)14(2,3)4/h8,12,18H,6-7,9H2,1-5H3,(H,15,19). The topological polar surface area (TPSA) is 67.2 Å². The van der Waals surface area contributed by atoms with Gasteiger partial charge in [0.15, 0.2) is 0 Å². The van der Waals surface area contributed by atoms with E-state index in [2.05, 4.69) is 10.4 Å². The average molecular weight is 267 g/mol. The number of nitrogens with zero attached hydrogens (tertiary/aromatic N) is 2. The highest BCUT2D eigenvalue weighted by atomic mass is 16.3. The van der Waals surface area contributed by atoms with Gasteiger partial charge in [-0.25, -0.2) is 0 Å². The van der Waals surface area contributed by atoms with Gasteiger partial charge in [0.2, 0.25) is 5.91 Å². The highest BCUT2D eigenvalue weighted by Crippen LogP contribution is 2.18. The molecule has 1 rings (SSSR count). The van der Waals surface area contributed by atoms with Gasteiger partial charge >= 0.3 is 0 Å². The van der Waals surface area contributed by atoms with Crippen LogP contribution < -0.4 is 5.32 Å². The fraction of sp³-hybridized carbons (Fsp3) is 0.714. The average Bonchev–Trinajstić information content (AvgIpc) is 2.63. The molecule has 0 aliphatic heterocycles. The molecule has 5 nitrogen and oxygen atoms in total. The molecule has 1 heterocycles. The van der Waals surface area contributed by atoms with Gasteiger partial charge in [0.1, 0.15) is 0 Å². The minimum Gasteiger partial charge on any atom is -0.391 e. The number of rotatable bonds is 5. The summed E-state index contributed by atoms with van der Waals surface area (Å²) >= 11 is 0. The number of aliphatic hydroxyl groups is 1. The monoisotopic (exact) mass is 267 g/mol. The highest BCUT2D eigenvalue weighted by molar-refractivity contribution is 5.76. The van der Waals surface area contributed by atoms with Crippen LogP contribution >= 0.6 is 0 Å². The molecule has 0 aromatic carbocycles. The van der Waals surface area contributed by atoms with Crippen LogP contribution in [0.25, 0.3) is 0 Å². The molecule has 0 aliphatic rings. The Morgan fingerprint density at radius 3 is 2.63 bits per heavy atom. The van der Waals surface area contributed by atoms with Crippen LogP contribution in [0.2, 0.25) is 0 Å². The van der Waals surface area contributed by atoms with Crippen molar-refractivity contribution in [1.82, 2.24) is 15.1 Å². The van der Waals surface area contributed by atoms with E-state index in [0.717, 1.165) is 11.3 Å². The van der Waals surface area contributed by atoms with Crippen LogP contribution in [0.15, 0.2) is 6.20 Å². The van der Waals surface area contributed by atoms with E-state index in [1.165, 1.54) is 0 Å². The van der Waals surface area contributed by atoms with Crippen molar-refractivity contribution in [2.24, 2.45) is 12.5 Å². The van der Waals surface area contributed by atoms with Gasteiger partial charge in [0.25, 0.3) is 0 Å². The number of amides is 1. The zero-order valence-corrected chi connectivity index (χ0v) is 12.5. The van der Waals surface area contributed by atoms with E-state index in [4.69, 9.17) is 0 Å². The molecule has 0 fully saturated rings. The third-order valence-electron chi connectivity index (χ3n) is 3.45. The van der Waals surface area contributed by atoms with Crippen LogP contribution in [0.4, 0.5) is 0 Å². The number of hydrogen-bond donors (Lipinski definition) is 2. The molecule has 2 N–H and O–H groups in total. The lowest BCUT2D eigenvalue weighted by Gasteiger charge is -2.25. The number of aromatic nitrogens is 2. The summed E-state index contributed by atoms with van der Waals surface area (Å²) in [5.41, 5.74) is 1.96. The molecule has 0 spiro atoms. The summed E-state index contributed by atoms with van der Waals surface area (Å²) in [6.07, 6.45) is 2.37. The molecule has 1 unspecified atom stereocenters. The first kappa shape index (κ1) is 15.7. The first-order chi connectivity index (χ1) is 8.71. The Hall–Kier alpha value is -1.36. The SMILES string of the molecule is Cc1c(CCC(=O)NCC(O)C(C)(C)C)cnn1C. The van der Waals surface area contributed by atoms with Crippen LogP contribution in [-0.2, 0) is 18.3 Å². The van der Waals surface area contributed by atoms with Gasteiger partial charge in [-0.2, -0.15) is 5.10 Å². The fourth-order valence-electron chi connectivity index (χ4n) is 1.64. The lowest BCUT2D eigenvalue weighted by Crippen LogP contribution is -2.39. The van der Waals surface area contributed by atoms with E-state index in [9.17, 15) is 9.90 Å². The Labute approximate surface area is 115 Å². The second-order valence-electron chi connectivity index (χ2n) is 6.06. The molecule has 1 aromatic heterocycles. The summed E-state index contributed by atoms with van der Waals surface area (Å²) in [6.45, 7) is 8.13. The van der Waals surface area contributed by atoms with Crippen LogP contribution in [0.3, 0.4) is 0 Å². The van der Waals surface area contributed by atoms with Crippen molar-refractivity contribution in [1.29, 1.82) is 0 Å². The Kier molecular flexibility index (Phi) is 5.11. The zero-order chi connectivity index (χ0) is 14.6. The van der Waals surface area contributed by atoms with E-state index < -0.39 is 6.10 Å². The largest absolute Gasteiger partial charge is 0.391 e. The summed E-state index contributed by atoms with van der Waals surface area (Å²) < 4.78 is 1.80. The predicted octanol–water partition coefficient (Wildman–Crippen LogP) is 1.18. The molecular weight excluding hydrogens is 242 g/mol. The van der Waals surface area contributed by atoms with Gasteiger partial charge in [0, 0.05) is 25.7 Å². The van der Waals surface area contributed by atoms with Crippen molar-refractivity contribution in [3.8, 4) is 0 Å². The molecule has 1 aromatic rings. The van der Waals surface area contributed by atoms with Gasteiger partial charge in [-0.05, 0) is 24.3 Å². The van der Waals surface area contributed by atoms with Gasteiger partial charge < -0.3 is 10.4 Å². The Morgan fingerprint density at radius 2 is 2.16 bits per heavy atom. The third-order valence-corrected chi connectivity index (χ3v) is 3.45. The molecular formula is C14H25N3O2. The summed E-state index contributed by atoms with van der Waals surface area (Å²) in [6, 6.07) is 0. The number of aliphatic hydroxyl groups excluding tert-OH is 1. The van der Waals surface area contributed by atoms with Crippen molar-refractivity contribution in [2.75, 3.05) is 6.54 Å². The van der Waals surface area contributed by atoms with E-state index in [-0.39, 0.29) is 11.3 Å². The van der Waals surface area contributed by atoms with Crippen molar-refractivity contribution < 1.29 is 9.90 Å². The second-order valence-corrected chi connectivity index (χ2v) is 6.06. The molecule has 0 saturated heterocycles. The van der Waals surface area contributed by atoms with Crippen molar-refractivity contribution >= 4 is 5.91 Å². The van der Waals surface area contributed by atoms with Crippen molar-refractivity contribution in [3.63, 3.8) is 0 Å². The minimum absolute atomic E-state index is 0.0356. The lowest BCUT2D eigenvalue weighted by molar-refractivity contribution is -0.121. The summed E-state index contributed by atoms with van der Waals surface area (Å²) in [5.74, 6) is -0.0356. The molecule has 0 bridgehead atoms. The smallest absolute Gasteiger partial charge is 0.220 e. The van der Waals surface area contributed by atoms with E-state index in [0.29, 0.717) is 19.4 Å². The molecule has 1 amide bonds. The number of hydrogen-bond acceptors (Lipinski definition) is 3. The highest BCUT2D eigenvalue weighted by Gasteiger charge is 2.22. The van der Waals surface area contributed by atoms with Crippen LogP contribution in [0.5, 0.6) is 0 Å². The van der Waals surface area contributed by atoms with Crippen LogP contribution in [-0.4, -0.2) is 33.4 Å². The minimum atomic E-state index is -0.531. The Morgan fingerprint density at radius 1 is 1.53 bits per heavy atom. The number of carbonyl (C=O) groups excluding carboxylic acids is 1. The van der Waals surface area contributed by atoms with E-state index in [1.807, 2.05) is 34.7 Å². The normalized spacial score (nSPS) is 13.4.